The molecule has 2 amide bonds. The Morgan fingerprint density at radius 3 is 2.14 bits per heavy atom. The van der Waals surface area contributed by atoms with E-state index < -0.39 is 18.7 Å². The van der Waals surface area contributed by atoms with Gasteiger partial charge in [0.15, 0.2) is 5.78 Å². The van der Waals surface area contributed by atoms with Crippen LogP contribution in [0.4, 0.5) is 0 Å². The Hall–Kier alpha value is -4.92. The van der Waals surface area contributed by atoms with Crippen molar-refractivity contribution in [3.8, 4) is 0 Å². The van der Waals surface area contributed by atoms with Crippen LogP contribution >= 0.6 is 0 Å². The van der Waals surface area contributed by atoms with E-state index in [4.69, 9.17) is 14.7 Å². The number of methoxy groups -OCH3 is 1. The fourth-order valence-electron chi connectivity index (χ4n) is 8.48. The van der Waals surface area contributed by atoms with Crippen molar-refractivity contribution >= 4 is 45.6 Å². The number of aliphatic hydroxyl groups excluding tert-OH is 2. The van der Waals surface area contributed by atoms with Crippen LogP contribution in [-0.2, 0) is 20.7 Å². The molecule has 14 nitrogen and oxygen atoms in total. The lowest BCUT2D eigenvalue weighted by Crippen LogP contribution is -2.35. The van der Waals surface area contributed by atoms with Crippen LogP contribution in [0.15, 0.2) is 18.2 Å². The largest absolute Gasteiger partial charge is 0.469 e. The maximum absolute atomic E-state index is 14.4. The molecular weight excluding hydrogens is 739 g/mol. The molecule has 314 valence electrons. The maximum Gasteiger partial charge on any atom is 0.310 e. The number of Topliss-reactive ketones (excluding diaryl/α,β-unsaturated/α-hetero) is 1. The van der Waals surface area contributed by atoms with E-state index in [0.29, 0.717) is 75.2 Å². The van der Waals surface area contributed by atoms with E-state index in [-0.39, 0.29) is 60.7 Å². The predicted octanol–water partition coefficient (Wildman–Crippen LogP) is 5.36. The van der Waals surface area contributed by atoms with Gasteiger partial charge in [0.1, 0.15) is 0 Å². The Balaban J connectivity index is 1.88. The second-order valence-electron chi connectivity index (χ2n) is 15.6. The zero-order valence-electron chi connectivity index (χ0n) is 35.5. The minimum atomic E-state index is -1.09. The minimum Gasteiger partial charge on any atom is -0.469 e. The van der Waals surface area contributed by atoms with Gasteiger partial charge in [-0.05, 0) is 76.0 Å². The van der Waals surface area contributed by atoms with Gasteiger partial charge in [-0.1, -0.05) is 34.6 Å². The molecule has 1 unspecified atom stereocenters. The summed E-state index contributed by atoms with van der Waals surface area (Å²) < 4.78 is 5.24. The molecule has 3 aromatic heterocycles. The Morgan fingerprint density at radius 1 is 0.879 bits per heavy atom. The van der Waals surface area contributed by atoms with Gasteiger partial charge in [-0.2, -0.15) is 0 Å². The van der Waals surface area contributed by atoms with E-state index in [1.165, 1.54) is 7.11 Å². The summed E-state index contributed by atoms with van der Waals surface area (Å²) in [6.07, 6.45) is -0.0986. The first kappa shape index (κ1) is 44.2. The fraction of sp³-hybridized carbons (Fsp3) is 0.545. The van der Waals surface area contributed by atoms with Crippen molar-refractivity contribution in [3.63, 3.8) is 0 Å². The lowest BCUT2D eigenvalue weighted by Gasteiger charge is -2.19. The van der Waals surface area contributed by atoms with Crippen LogP contribution in [0.25, 0.3) is 22.1 Å². The monoisotopic (exact) mass is 799 g/mol. The molecule has 58 heavy (non-hydrogen) atoms. The second kappa shape index (κ2) is 19.2. The van der Waals surface area contributed by atoms with Crippen LogP contribution in [0.2, 0.25) is 0 Å². The number of ketones is 1. The number of H-pyrrole nitrogens is 2. The summed E-state index contributed by atoms with van der Waals surface area (Å²) in [4.78, 5) is 73.7. The van der Waals surface area contributed by atoms with Gasteiger partial charge in [0.2, 0.25) is 5.91 Å². The molecule has 6 N–H and O–H groups in total. The number of hydrogen-bond donors (Lipinski definition) is 6. The van der Waals surface area contributed by atoms with Crippen LogP contribution in [-0.4, -0.2) is 111 Å². The average molecular weight is 800 g/mol. The van der Waals surface area contributed by atoms with Crippen molar-refractivity contribution in [3.05, 3.63) is 68.8 Å². The number of aryl methyl sites for hydroxylation is 2. The maximum atomic E-state index is 14.4. The molecule has 0 aliphatic carbocycles. The number of carbonyl (C=O) groups is 4. The van der Waals surface area contributed by atoms with Crippen LogP contribution < -0.4 is 10.6 Å². The molecule has 0 spiro atoms. The lowest BCUT2D eigenvalue weighted by atomic mass is 9.85. The number of rotatable bonds is 16. The van der Waals surface area contributed by atoms with E-state index in [1.54, 1.807) is 6.92 Å². The number of aromatic nitrogens is 4. The number of amides is 2. The molecule has 2 aliphatic heterocycles. The standard InChI is InChI=1S/C44H61N7O7/c1-10-29-23(4)32-20-37-40(27(8)53)25(6)34(48-37)18-33-24(5)30(13-14-38(55)46-21-28(54)22-52)42(49-33)31(17-39(56)58-9)43-41(26(7)35(50-43)19-36(29)47-32)44(57)45-15-16-51(11-2)12-3/h18-20,23-24,28-30,48,50,52,54H,10-17,21-22H2,1-9H3,(H,45,57)(H,46,55)/t23-,24+,28?,29-,30+/m1/s1. The Kier molecular flexibility index (Phi) is 14.6. The number of nitrogens with zero attached hydrogens (tertiary/aromatic N) is 3. The number of carbonyl (C=O) groups excluding carboxylic acids is 4. The van der Waals surface area contributed by atoms with Crippen molar-refractivity contribution in [1.29, 1.82) is 0 Å². The summed E-state index contributed by atoms with van der Waals surface area (Å²) in [5.74, 6) is -1.76. The first-order chi connectivity index (χ1) is 27.7. The molecule has 3 aromatic rings. The van der Waals surface area contributed by atoms with Gasteiger partial charge in [0.05, 0.1) is 48.5 Å². The highest BCUT2D eigenvalue weighted by molar-refractivity contribution is 6.06. The van der Waals surface area contributed by atoms with Gasteiger partial charge in [-0.3, -0.25) is 29.1 Å². The van der Waals surface area contributed by atoms with Gasteiger partial charge in [-0.25, -0.2) is 0 Å². The average Bonchev–Trinajstić information content (AvgIpc) is 3.89. The molecule has 5 heterocycles. The molecular formula is C44H61N7O7. The second-order valence-corrected chi connectivity index (χ2v) is 15.6. The van der Waals surface area contributed by atoms with Crippen molar-refractivity contribution in [2.75, 3.05) is 46.4 Å². The highest BCUT2D eigenvalue weighted by Gasteiger charge is 2.34. The normalized spacial score (nSPS) is 18.3. The van der Waals surface area contributed by atoms with Gasteiger partial charge < -0.3 is 40.5 Å². The van der Waals surface area contributed by atoms with Gasteiger partial charge in [0, 0.05) is 89.0 Å². The first-order valence-corrected chi connectivity index (χ1v) is 20.6. The summed E-state index contributed by atoms with van der Waals surface area (Å²) in [7, 11) is 1.32. The summed E-state index contributed by atoms with van der Waals surface area (Å²) in [5.41, 5.74) is 8.28. The van der Waals surface area contributed by atoms with Crippen LogP contribution in [0, 0.1) is 13.8 Å². The smallest absolute Gasteiger partial charge is 0.310 e. The number of ether oxygens (including phenoxy) is 1. The van der Waals surface area contributed by atoms with Crippen LogP contribution in [0.3, 0.4) is 0 Å². The zero-order valence-corrected chi connectivity index (χ0v) is 35.5. The minimum absolute atomic E-state index is 0.0441. The van der Waals surface area contributed by atoms with E-state index in [9.17, 15) is 29.4 Å². The Morgan fingerprint density at radius 2 is 1.50 bits per heavy atom. The highest BCUT2D eigenvalue weighted by atomic mass is 16.5. The lowest BCUT2D eigenvalue weighted by molar-refractivity contribution is -0.139. The first-order valence-electron chi connectivity index (χ1n) is 20.6. The fourth-order valence-corrected chi connectivity index (χ4v) is 8.48. The molecule has 0 aromatic carbocycles. The molecule has 5 atom stereocenters. The summed E-state index contributed by atoms with van der Waals surface area (Å²) in [6.45, 7) is 18.0. The van der Waals surface area contributed by atoms with Gasteiger partial charge in [0.25, 0.3) is 5.91 Å². The van der Waals surface area contributed by atoms with Crippen molar-refractivity contribution in [2.24, 2.45) is 0 Å². The SMILES string of the molecule is CC[C@H]1c2cc3[nH]c(c(CC(=O)OC)c4nc(cc5[nH]c(cc(n2)[C@@H]1C)c(C(C)=O)c5C)[C@@H](C)[C@@H]4CCC(=O)NCC(O)CO)c(C(=O)NCCN(CC)CC)c3C. The van der Waals surface area contributed by atoms with Crippen molar-refractivity contribution in [2.45, 2.75) is 111 Å². The number of hydrogen-bond acceptors (Lipinski definition) is 10. The molecule has 14 heteroatoms. The highest BCUT2D eigenvalue weighted by Crippen LogP contribution is 2.43. The van der Waals surface area contributed by atoms with Gasteiger partial charge in [-0.15, -0.1) is 0 Å². The van der Waals surface area contributed by atoms with E-state index in [2.05, 4.69) is 53.2 Å². The topological polar surface area (TPSA) is 203 Å². The van der Waals surface area contributed by atoms with Crippen molar-refractivity contribution in [1.82, 2.24) is 35.5 Å². The predicted molar refractivity (Wildman–Crippen MR) is 224 cm³/mol. The molecule has 0 saturated carbocycles. The summed E-state index contributed by atoms with van der Waals surface area (Å²) in [5, 5.41) is 24.9. The molecule has 8 bridgehead atoms. The molecule has 0 radical (unpaired) electrons. The quantitative estimate of drug-likeness (QED) is 0.0810. The molecule has 5 rings (SSSR count). The number of nitrogens with one attached hydrogen (secondary N) is 4. The van der Waals surface area contributed by atoms with Crippen LogP contribution in [0.5, 0.6) is 0 Å². The summed E-state index contributed by atoms with van der Waals surface area (Å²) in [6, 6.07) is 5.88. The summed E-state index contributed by atoms with van der Waals surface area (Å²) >= 11 is 0. The third-order valence-corrected chi connectivity index (χ3v) is 12.1. The van der Waals surface area contributed by atoms with E-state index in [1.807, 2.05) is 39.0 Å². The van der Waals surface area contributed by atoms with Crippen LogP contribution in [0.1, 0.15) is 145 Å². The number of aliphatic hydroxyl groups is 2. The Labute approximate surface area is 340 Å². The number of aromatic amines is 2. The third kappa shape index (κ3) is 9.35. The number of likely N-dealkylation sites (N-methyl/N-ethyl adjacent to an activating group) is 1. The van der Waals surface area contributed by atoms with E-state index >= 15 is 0 Å². The molecule has 2 aliphatic rings. The number of fused-ring (bicyclic) bond motifs is 8. The number of esters is 1. The molecule has 0 fully saturated rings. The van der Waals surface area contributed by atoms with Gasteiger partial charge >= 0.3 is 5.97 Å². The van der Waals surface area contributed by atoms with E-state index in [0.717, 1.165) is 36.5 Å². The third-order valence-electron chi connectivity index (χ3n) is 12.1. The molecule has 0 saturated heterocycles. The van der Waals surface area contributed by atoms with Crippen molar-refractivity contribution < 1.29 is 34.1 Å². The zero-order chi connectivity index (χ0) is 42.4. The Bertz CT molecular complexity index is 2190.